The number of aromatic nitrogens is 1. The van der Waals surface area contributed by atoms with Crippen molar-refractivity contribution >= 4 is 24.2 Å². The van der Waals surface area contributed by atoms with Gasteiger partial charge in [-0.3, -0.25) is 14.6 Å². The molecule has 0 fully saturated rings. The molecule has 0 aliphatic carbocycles. The molecule has 2 aromatic carbocycles. The number of hydrogen-bond acceptors (Lipinski definition) is 9. The van der Waals surface area contributed by atoms with Crippen LogP contribution in [0.15, 0.2) is 52.7 Å². The Morgan fingerprint density at radius 3 is 1.61 bits per heavy atom. The van der Waals surface area contributed by atoms with Gasteiger partial charge in [0.15, 0.2) is 23.0 Å². The smallest absolute Gasteiger partial charge is 0.273 e. The molecule has 0 aliphatic rings. The number of nitrogens with zero attached hydrogens (tertiary/aromatic N) is 3. The van der Waals surface area contributed by atoms with Crippen molar-refractivity contribution in [2.24, 2.45) is 10.2 Å². The van der Waals surface area contributed by atoms with Gasteiger partial charge in [0.1, 0.15) is 0 Å². The van der Waals surface area contributed by atoms with E-state index in [0.717, 1.165) is 0 Å². The number of aromatic hydroxyl groups is 2. The van der Waals surface area contributed by atoms with Gasteiger partial charge in [-0.25, -0.2) is 10.9 Å². The molecule has 38 heavy (non-hydrogen) atoms. The minimum atomic E-state index is -0.555. The average Bonchev–Trinajstić information content (AvgIpc) is 2.88. The van der Waals surface area contributed by atoms with Crippen molar-refractivity contribution in [2.45, 2.75) is 27.7 Å². The number of phenols is 2. The minimum Gasteiger partial charge on any atom is -0.504 e. The van der Waals surface area contributed by atoms with Gasteiger partial charge in [-0.1, -0.05) is 0 Å². The molecule has 0 bridgehead atoms. The summed E-state index contributed by atoms with van der Waals surface area (Å²) in [6, 6.07) is 10.8. The number of ether oxygens (including phenoxy) is 2. The number of amides is 2. The normalized spacial score (nSPS) is 11.1. The van der Waals surface area contributed by atoms with Crippen LogP contribution in [0.2, 0.25) is 0 Å². The summed E-state index contributed by atoms with van der Waals surface area (Å²) < 4.78 is 10.7. The van der Waals surface area contributed by atoms with E-state index in [-0.39, 0.29) is 22.6 Å². The third-order valence-corrected chi connectivity index (χ3v) is 5.22. The Hall–Kier alpha value is -4.93. The minimum absolute atomic E-state index is 0.00264. The molecular formula is C27H29N5O6. The molecule has 0 atom stereocenters. The van der Waals surface area contributed by atoms with Crippen LogP contribution in [0.1, 0.15) is 57.1 Å². The lowest BCUT2D eigenvalue weighted by molar-refractivity contribution is 0.0954. The Bertz CT molecular complexity index is 1290. The fraction of sp³-hybridized carbons (Fsp3) is 0.222. The van der Waals surface area contributed by atoms with Gasteiger partial charge in [-0.2, -0.15) is 10.2 Å². The van der Waals surface area contributed by atoms with Gasteiger partial charge in [-0.15, -0.1) is 0 Å². The fourth-order valence-corrected chi connectivity index (χ4v) is 3.40. The van der Waals surface area contributed by atoms with E-state index in [1.807, 2.05) is 0 Å². The maximum Gasteiger partial charge on any atom is 0.273 e. The van der Waals surface area contributed by atoms with Crippen molar-refractivity contribution in [2.75, 3.05) is 13.2 Å². The van der Waals surface area contributed by atoms with Crippen LogP contribution in [0, 0.1) is 13.8 Å². The molecule has 2 amide bonds. The number of hydrogen-bond donors (Lipinski definition) is 4. The van der Waals surface area contributed by atoms with Gasteiger partial charge < -0.3 is 19.7 Å². The Balaban J connectivity index is 1.70. The van der Waals surface area contributed by atoms with Gasteiger partial charge >= 0.3 is 0 Å². The number of pyridine rings is 1. The maximum absolute atomic E-state index is 12.8. The number of carbonyl (C=O) groups is 2. The molecule has 198 valence electrons. The lowest BCUT2D eigenvalue weighted by Crippen LogP contribution is -2.23. The first-order valence-corrected chi connectivity index (χ1v) is 11.8. The molecule has 4 N–H and O–H groups in total. The van der Waals surface area contributed by atoms with Crippen molar-refractivity contribution in [1.29, 1.82) is 0 Å². The summed E-state index contributed by atoms with van der Waals surface area (Å²) in [4.78, 5) is 29.8. The van der Waals surface area contributed by atoms with Crippen LogP contribution in [-0.4, -0.2) is 52.7 Å². The number of hydrazone groups is 2. The highest BCUT2D eigenvalue weighted by Crippen LogP contribution is 2.27. The van der Waals surface area contributed by atoms with Gasteiger partial charge in [0.05, 0.1) is 48.2 Å². The molecule has 0 unspecified atom stereocenters. The van der Waals surface area contributed by atoms with E-state index in [9.17, 15) is 19.8 Å². The summed E-state index contributed by atoms with van der Waals surface area (Å²) in [6.45, 7) is 7.68. The summed E-state index contributed by atoms with van der Waals surface area (Å²) in [7, 11) is 0. The third kappa shape index (κ3) is 7.06. The van der Waals surface area contributed by atoms with E-state index in [1.54, 1.807) is 52.0 Å². The van der Waals surface area contributed by atoms with Gasteiger partial charge in [-0.05, 0) is 81.3 Å². The average molecular weight is 520 g/mol. The zero-order chi connectivity index (χ0) is 27.7. The molecule has 3 rings (SSSR count). The molecule has 11 nitrogen and oxygen atoms in total. The van der Waals surface area contributed by atoms with Crippen molar-refractivity contribution in [1.82, 2.24) is 15.8 Å². The van der Waals surface area contributed by atoms with Crippen LogP contribution >= 0.6 is 0 Å². The monoisotopic (exact) mass is 519 g/mol. The predicted octanol–water partition coefficient (Wildman–Crippen LogP) is 3.43. The number of aryl methyl sites for hydroxylation is 2. The highest BCUT2D eigenvalue weighted by Gasteiger charge is 2.17. The molecule has 0 spiro atoms. The quantitative estimate of drug-likeness (QED) is 0.236. The van der Waals surface area contributed by atoms with Crippen LogP contribution < -0.4 is 20.3 Å². The highest BCUT2D eigenvalue weighted by molar-refractivity contribution is 6.01. The SMILES string of the molecule is CCOc1cc(/C=N\NC(=O)c2cc(C(=O)N/N=C\c3ccc(O)c(OCC)c3)c(C)nc2C)ccc1O. The van der Waals surface area contributed by atoms with E-state index < -0.39 is 11.8 Å². The Morgan fingerprint density at radius 2 is 1.21 bits per heavy atom. The van der Waals surface area contributed by atoms with Crippen molar-refractivity contribution in [3.8, 4) is 23.0 Å². The molecule has 3 aromatic rings. The van der Waals surface area contributed by atoms with Crippen LogP contribution in [0.3, 0.4) is 0 Å². The number of benzene rings is 2. The molecular weight excluding hydrogens is 490 g/mol. The van der Waals surface area contributed by atoms with Gasteiger partial charge in [0.25, 0.3) is 11.8 Å². The molecule has 1 aromatic heterocycles. The summed E-state index contributed by atoms with van der Waals surface area (Å²) >= 11 is 0. The van der Waals surface area contributed by atoms with Crippen molar-refractivity contribution < 1.29 is 29.3 Å². The number of rotatable bonds is 10. The zero-order valence-electron chi connectivity index (χ0n) is 21.5. The maximum atomic E-state index is 12.8. The molecule has 11 heteroatoms. The van der Waals surface area contributed by atoms with Crippen LogP contribution in [-0.2, 0) is 0 Å². The molecule has 1 heterocycles. The summed E-state index contributed by atoms with van der Waals surface area (Å²) in [5, 5.41) is 27.5. The summed E-state index contributed by atoms with van der Waals surface area (Å²) in [5.41, 5.74) is 7.22. The van der Waals surface area contributed by atoms with Crippen LogP contribution in [0.25, 0.3) is 0 Å². The largest absolute Gasteiger partial charge is 0.504 e. The lowest BCUT2D eigenvalue weighted by atomic mass is 10.1. The summed E-state index contributed by atoms with van der Waals surface area (Å²) in [5.74, 6) is -0.495. The number of phenolic OH excluding ortho intramolecular Hbond substituents is 2. The van der Waals surface area contributed by atoms with E-state index >= 15 is 0 Å². The van der Waals surface area contributed by atoms with E-state index in [0.29, 0.717) is 47.2 Å². The summed E-state index contributed by atoms with van der Waals surface area (Å²) in [6.07, 6.45) is 2.80. The zero-order valence-corrected chi connectivity index (χ0v) is 21.5. The second-order valence-electron chi connectivity index (χ2n) is 7.97. The van der Waals surface area contributed by atoms with E-state index in [1.165, 1.54) is 30.6 Å². The Labute approximate surface area is 219 Å². The number of carbonyl (C=O) groups excluding carboxylic acids is 2. The topological polar surface area (TPSA) is 155 Å². The van der Waals surface area contributed by atoms with Crippen LogP contribution in [0.4, 0.5) is 0 Å². The van der Waals surface area contributed by atoms with E-state index in [4.69, 9.17) is 9.47 Å². The first-order chi connectivity index (χ1) is 18.2. The molecule has 0 radical (unpaired) electrons. The lowest BCUT2D eigenvalue weighted by Gasteiger charge is -2.10. The van der Waals surface area contributed by atoms with Crippen molar-refractivity contribution in [3.05, 3.63) is 76.1 Å². The third-order valence-electron chi connectivity index (χ3n) is 5.22. The Morgan fingerprint density at radius 1 is 0.789 bits per heavy atom. The van der Waals surface area contributed by atoms with Gasteiger partial charge in [0, 0.05) is 0 Å². The molecule has 0 aliphatic heterocycles. The fourth-order valence-electron chi connectivity index (χ4n) is 3.40. The Kier molecular flexibility index (Phi) is 9.36. The highest BCUT2D eigenvalue weighted by atomic mass is 16.5. The van der Waals surface area contributed by atoms with Gasteiger partial charge in [0.2, 0.25) is 0 Å². The second kappa shape index (κ2) is 12.9. The van der Waals surface area contributed by atoms with E-state index in [2.05, 4.69) is 26.0 Å². The molecule has 0 saturated carbocycles. The first-order valence-electron chi connectivity index (χ1n) is 11.8. The second-order valence-corrected chi connectivity index (χ2v) is 7.97. The standard InChI is InChI=1S/C27H29N5O6/c1-5-37-24-11-18(7-9-22(24)33)14-28-31-26(35)20-13-21(17(4)30-16(20)3)27(36)32-29-15-19-8-10-23(34)25(12-19)38-6-2/h7-15,33-34H,5-6H2,1-4H3,(H,31,35)(H,32,36)/b28-14-,29-15-. The van der Waals surface area contributed by atoms with Crippen molar-refractivity contribution in [3.63, 3.8) is 0 Å². The van der Waals surface area contributed by atoms with Crippen LogP contribution in [0.5, 0.6) is 23.0 Å². The molecule has 0 saturated heterocycles. The predicted molar refractivity (Wildman–Crippen MR) is 142 cm³/mol. The first kappa shape index (κ1) is 27.7. The number of nitrogens with one attached hydrogen (secondary N) is 2.